The summed E-state index contributed by atoms with van der Waals surface area (Å²) in [7, 11) is 1.98. The monoisotopic (exact) mass is 295 g/mol. The Morgan fingerprint density at radius 2 is 2.00 bits per heavy atom. The molecule has 1 unspecified atom stereocenters. The van der Waals surface area contributed by atoms with Crippen LogP contribution in [0.3, 0.4) is 0 Å². The molecule has 1 atom stereocenters. The van der Waals surface area contributed by atoms with Crippen LogP contribution in [0.5, 0.6) is 0 Å². The standard InChI is InChI=1S/C13H24F3N3O/c1-18-6-7-20-12(8-18)9-19(10-13(14,15)16)11-2-4-17-5-3-11/h11-12,17H,2-10H2,1H3. The molecule has 0 aromatic rings. The van der Waals surface area contributed by atoms with Gasteiger partial charge in [0.15, 0.2) is 0 Å². The van der Waals surface area contributed by atoms with Crippen LogP contribution < -0.4 is 5.32 Å². The average molecular weight is 295 g/mol. The molecule has 0 aromatic heterocycles. The van der Waals surface area contributed by atoms with E-state index in [2.05, 4.69) is 10.2 Å². The highest BCUT2D eigenvalue weighted by Crippen LogP contribution is 2.22. The minimum Gasteiger partial charge on any atom is -0.374 e. The summed E-state index contributed by atoms with van der Waals surface area (Å²) in [5, 5.41) is 3.20. The van der Waals surface area contributed by atoms with E-state index in [-0.39, 0.29) is 12.1 Å². The lowest BCUT2D eigenvalue weighted by Crippen LogP contribution is -2.53. The summed E-state index contributed by atoms with van der Waals surface area (Å²) in [4.78, 5) is 3.69. The van der Waals surface area contributed by atoms with E-state index in [1.807, 2.05) is 7.05 Å². The zero-order valence-corrected chi connectivity index (χ0v) is 12.0. The second-order valence-corrected chi connectivity index (χ2v) is 5.78. The van der Waals surface area contributed by atoms with E-state index in [1.165, 1.54) is 0 Å². The van der Waals surface area contributed by atoms with Crippen molar-refractivity contribution in [1.82, 2.24) is 15.1 Å². The molecule has 0 saturated carbocycles. The van der Waals surface area contributed by atoms with Crippen LogP contribution >= 0.6 is 0 Å². The smallest absolute Gasteiger partial charge is 0.374 e. The van der Waals surface area contributed by atoms with Gasteiger partial charge in [-0.25, -0.2) is 0 Å². The quantitative estimate of drug-likeness (QED) is 0.835. The molecule has 2 rings (SSSR count). The van der Waals surface area contributed by atoms with Crippen molar-refractivity contribution >= 4 is 0 Å². The van der Waals surface area contributed by atoms with E-state index < -0.39 is 12.7 Å². The first-order chi connectivity index (χ1) is 9.44. The highest BCUT2D eigenvalue weighted by atomic mass is 19.4. The molecule has 1 N–H and O–H groups in total. The number of hydrogen-bond donors (Lipinski definition) is 1. The van der Waals surface area contributed by atoms with Crippen LogP contribution in [0.15, 0.2) is 0 Å². The topological polar surface area (TPSA) is 27.7 Å². The molecule has 2 aliphatic heterocycles. The number of morpholine rings is 1. The molecule has 2 fully saturated rings. The second kappa shape index (κ2) is 7.06. The Labute approximate surface area is 118 Å². The fraction of sp³-hybridized carbons (Fsp3) is 1.00. The molecular weight excluding hydrogens is 271 g/mol. The average Bonchev–Trinajstić information content (AvgIpc) is 2.37. The maximum Gasteiger partial charge on any atom is 0.401 e. The maximum atomic E-state index is 12.8. The number of nitrogens with one attached hydrogen (secondary N) is 1. The molecule has 0 bridgehead atoms. The van der Waals surface area contributed by atoms with Gasteiger partial charge < -0.3 is 15.0 Å². The summed E-state index contributed by atoms with van der Waals surface area (Å²) >= 11 is 0. The van der Waals surface area contributed by atoms with Crippen LogP contribution in [0.4, 0.5) is 13.2 Å². The fourth-order valence-electron chi connectivity index (χ4n) is 2.98. The van der Waals surface area contributed by atoms with Gasteiger partial charge in [0, 0.05) is 25.7 Å². The molecule has 2 saturated heterocycles. The molecule has 0 amide bonds. The third-order valence-electron chi connectivity index (χ3n) is 3.99. The van der Waals surface area contributed by atoms with Gasteiger partial charge in [0.05, 0.1) is 19.3 Å². The summed E-state index contributed by atoms with van der Waals surface area (Å²) in [6, 6.07) is 0.00806. The van der Waals surface area contributed by atoms with Crippen molar-refractivity contribution in [1.29, 1.82) is 0 Å². The van der Waals surface area contributed by atoms with Crippen molar-refractivity contribution < 1.29 is 17.9 Å². The van der Waals surface area contributed by atoms with E-state index in [0.29, 0.717) is 19.7 Å². The number of halogens is 3. The van der Waals surface area contributed by atoms with E-state index in [4.69, 9.17) is 4.74 Å². The van der Waals surface area contributed by atoms with Gasteiger partial charge in [0.2, 0.25) is 0 Å². The Morgan fingerprint density at radius 1 is 1.30 bits per heavy atom. The van der Waals surface area contributed by atoms with E-state index in [9.17, 15) is 13.2 Å². The molecule has 20 heavy (non-hydrogen) atoms. The third-order valence-corrected chi connectivity index (χ3v) is 3.99. The molecule has 7 heteroatoms. The van der Waals surface area contributed by atoms with Crippen molar-refractivity contribution in [2.75, 3.05) is 52.9 Å². The van der Waals surface area contributed by atoms with Gasteiger partial charge in [-0.05, 0) is 33.0 Å². The van der Waals surface area contributed by atoms with Gasteiger partial charge in [-0.15, -0.1) is 0 Å². The molecule has 4 nitrogen and oxygen atoms in total. The minimum absolute atomic E-state index is 0.00806. The number of nitrogens with zero attached hydrogens (tertiary/aromatic N) is 2. The number of alkyl halides is 3. The molecule has 0 radical (unpaired) electrons. The third kappa shape index (κ3) is 5.20. The normalized spacial score (nSPS) is 27.1. The van der Waals surface area contributed by atoms with Crippen LogP contribution in [0.25, 0.3) is 0 Å². The van der Waals surface area contributed by atoms with Crippen molar-refractivity contribution in [3.8, 4) is 0 Å². The van der Waals surface area contributed by atoms with Crippen LogP contribution in [-0.4, -0.2) is 81.0 Å². The van der Waals surface area contributed by atoms with Crippen LogP contribution in [-0.2, 0) is 4.74 Å². The lowest BCUT2D eigenvalue weighted by atomic mass is 10.0. The van der Waals surface area contributed by atoms with E-state index >= 15 is 0 Å². The largest absolute Gasteiger partial charge is 0.401 e. The Kier molecular flexibility index (Phi) is 5.65. The first-order valence-corrected chi connectivity index (χ1v) is 7.26. The summed E-state index contributed by atoms with van der Waals surface area (Å²) in [6.45, 7) is 3.29. The maximum absolute atomic E-state index is 12.8. The fourth-order valence-corrected chi connectivity index (χ4v) is 2.98. The second-order valence-electron chi connectivity index (χ2n) is 5.78. The van der Waals surface area contributed by atoms with Crippen molar-refractivity contribution in [2.24, 2.45) is 0 Å². The summed E-state index contributed by atoms with van der Waals surface area (Å²) in [6.07, 6.45) is -2.71. The highest BCUT2D eigenvalue weighted by molar-refractivity contribution is 4.83. The van der Waals surface area contributed by atoms with Crippen LogP contribution in [0, 0.1) is 0 Å². The molecule has 118 valence electrons. The SMILES string of the molecule is CN1CCOC(CN(CC(F)(F)F)C2CCNCC2)C1. The zero-order chi connectivity index (χ0) is 14.6. The van der Waals surface area contributed by atoms with Crippen LogP contribution in [0.1, 0.15) is 12.8 Å². The van der Waals surface area contributed by atoms with Gasteiger partial charge in [-0.2, -0.15) is 13.2 Å². The predicted molar refractivity (Wildman–Crippen MR) is 70.8 cm³/mol. The van der Waals surface area contributed by atoms with Crippen LogP contribution in [0.2, 0.25) is 0 Å². The summed E-state index contributed by atoms with van der Waals surface area (Å²) < 4.78 is 44.0. The van der Waals surface area contributed by atoms with Gasteiger partial charge in [0.25, 0.3) is 0 Å². The van der Waals surface area contributed by atoms with Gasteiger partial charge in [-0.1, -0.05) is 0 Å². The number of rotatable bonds is 4. The first-order valence-electron chi connectivity index (χ1n) is 7.26. The lowest BCUT2D eigenvalue weighted by Gasteiger charge is -2.39. The van der Waals surface area contributed by atoms with Gasteiger partial charge in [-0.3, -0.25) is 4.90 Å². The first kappa shape index (κ1) is 16.0. The molecule has 2 heterocycles. The Hall–Kier alpha value is -0.370. The number of piperidine rings is 1. The molecule has 0 aliphatic carbocycles. The van der Waals surface area contributed by atoms with Gasteiger partial charge in [0.1, 0.15) is 0 Å². The van der Waals surface area contributed by atoms with E-state index in [1.54, 1.807) is 4.90 Å². The van der Waals surface area contributed by atoms with Crippen molar-refractivity contribution in [2.45, 2.75) is 31.2 Å². The molecular formula is C13H24F3N3O. The summed E-state index contributed by atoms with van der Waals surface area (Å²) in [5.41, 5.74) is 0. The molecule has 0 spiro atoms. The Balaban J connectivity index is 1.93. The van der Waals surface area contributed by atoms with E-state index in [0.717, 1.165) is 32.5 Å². The lowest BCUT2D eigenvalue weighted by molar-refractivity contribution is -0.158. The number of likely N-dealkylation sites (N-methyl/N-ethyl adjacent to an activating group) is 1. The number of hydrogen-bond acceptors (Lipinski definition) is 4. The predicted octanol–water partition coefficient (Wildman–Crippen LogP) is 0.933. The number of ether oxygens (including phenoxy) is 1. The molecule has 2 aliphatic rings. The summed E-state index contributed by atoms with van der Waals surface area (Å²) in [5.74, 6) is 0. The minimum atomic E-state index is -4.15. The Bertz CT molecular complexity index is 295. The Morgan fingerprint density at radius 3 is 2.60 bits per heavy atom. The zero-order valence-electron chi connectivity index (χ0n) is 12.0. The molecule has 0 aromatic carbocycles. The van der Waals surface area contributed by atoms with Crippen molar-refractivity contribution in [3.63, 3.8) is 0 Å². The highest BCUT2D eigenvalue weighted by Gasteiger charge is 2.36. The van der Waals surface area contributed by atoms with Crippen molar-refractivity contribution in [3.05, 3.63) is 0 Å². The van der Waals surface area contributed by atoms with Gasteiger partial charge >= 0.3 is 6.18 Å².